The van der Waals surface area contributed by atoms with Crippen LogP contribution in [-0.4, -0.2) is 28.2 Å². The van der Waals surface area contributed by atoms with Gasteiger partial charge in [-0.05, 0) is 12.1 Å². The summed E-state index contributed by atoms with van der Waals surface area (Å²) in [5.74, 6) is -0.269. The van der Waals surface area contributed by atoms with Crippen molar-refractivity contribution < 1.29 is 9.59 Å². The van der Waals surface area contributed by atoms with Crippen molar-refractivity contribution in [3.8, 4) is 0 Å². The Balaban J connectivity index is 2.38. The first kappa shape index (κ1) is 13.3. The van der Waals surface area contributed by atoms with Crippen LogP contribution in [-0.2, 0) is 4.79 Å². The molecule has 2 rings (SSSR count). The molecule has 20 heavy (non-hydrogen) atoms. The standard InChI is InChI=1S/C12H12N6O2/c1-2-14-11(13)18-10(20)7-4-3-5-8-9(7)17-12(16-8)15-6-19/h2-6H,1H2,(H3,13,14,18,20)(H2,15,16,17,19). The van der Waals surface area contributed by atoms with Gasteiger partial charge < -0.3 is 10.7 Å². The summed E-state index contributed by atoms with van der Waals surface area (Å²) >= 11 is 0. The molecule has 0 fully saturated rings. The van der Waals surface area contributed by atoms with E-state index in [1.165, 1.54) is 6.20 Å². The van der Waals surface area contributed by atoms with Crippen LogP contribution in [0.3, 0.4) is 0 Å². The van der Waals surface area contributed by atoms with Crippen LogP contribution in [0, 0.1) is 0 Å². The van der Waals surface area contributed by atoms with Gasteiger partial charge in [-0.1, -0.05) is 12.6 Å². The molecule has 1 aromatic carbocycles. The molecule has 0 aliphatic heterocycles. The van der Waals surface area contributed by atoms with Crippen molar-refractivity contribution in [3.63, 3.8) is 0 Å². The molecular weight excluding hydrogens is 260 g/mol. The third kappa shape index (κ3) is 2.64. The number of carbonyl (C=O) groups is 2. The number of imidazole rings is 1. The van der Waals surface area contributed by atoms with Crippen LogP contribution in [0.2, 0.25) is 0 Å². The van der Waals surface area contributed by atoms with E-state index in [1.807, 2.05) is 0 Å². The maximum Gasteiger partial charge on any atom is 0.260 e. The van der Waals surface area contributed by atoms with Crippen molar-refractivity contribution in [1.82, 2.24) is 15.3 Å². The second-order valence-corrected chi connectivity index (χ2v) is 3.70. The molecule has 0 saturated heterocycles. The van der Waals surface area contributed by atoms with Crippen LogP contribution in [0.4, 0.5) is 5.95 Å². The molecule has 5 N–H and O–H groups in total. The third-order valence-corrected chi connectivity index (χ3v) is 2.42. The second-order valence-electron chi connectivity index (χ2n) is 3.70. The molecule has 2 amide bonds. The molecule has 8 nitrogen and oxygen atoms in total. The number of anilines is 1. The van der Waals surface area contributed by atoms with Crippen LogP contribution in [0.5, 0.6) is 0 Å². The number of hydrogen-bond donors (Lipinski definition) is 4. The lowest BCUT2D eigenvalue weighted by Gasteiger charge is -2.03. The summed E-state index contributed by atoms with van der Waals surface area (Å²) < 4.78 is 0. The summed E-state index contributed by atoms with van der Waals surface area (Å²) in [6.07, 6.45) is 1.71. The molecular formula is C12H12N6O2. The van der Waals surface area contributed by atoms with Gasteiger partial charge in [0, 0.05) is 6.20 Å². The van der Waals surface area contributed by atoms with Crippen molar-refractivity contribution in [3.05, 3.63) is 36.5 Å². The predicted octanol–water partition coefficient (Wildman–Crippen LogP) is 0.319. The Bertz CT molecular complexity index is 703. The van der Waals surface area contributed by atoms with Crippen molar-refractivity contribution in [2.75, 3.05) is 5.32 Å². The Morgan fingerprint density at radius 3 is 3.00 bits per heavy atom. The molecule has 0 bridgehead atoms. The van der Waals surface area contributed by atoms with Gasteiger partial charge in [-0.3, -0.25) is 20.2 Å². The normalized spacial score (nSPS) is 11.1. The van der Waals surface area contributed by atoms with E-state index < -0.39 is 5.91 Å². The number of nitrogens with zero attached hydrogens (tertiary/aromatic N) is 2. The number of benzene rings is 1. The first-order chi connectivity index (χ1) is 9.65. The molecule has 0 aliphatic rings. The minimum Gasteiger partial charge on any atom is -0.369 e. The Morgan fingerprint density at radius 2 is 2.30 bits per heavy atom. The summed E-state index contributed by atoms with van der Waals surface area (Å²) in [7, 11) is 0. The Labute approximate surface area is 113 Å². The number of aliphatic imine (C=N–C) groups is 1. The predicted molar refractivity (Wildman–Crippen MR) is 75.1 cm³/mol. The van der Waals surface area contributed by atoms with E-state index in [0.717, 1.165) is 0 Å². The number of fused-ring (bicyclic) bond motifs is 1. The lowest BCUT2D eigenvalue weighted by Crippen LogP contribution is -2.36. The summed E-state index contributed by atoms with van der Waals surface area (Å²) in [5, 5.41) is 4.79. The summed E-state index contributed by atoms with van der Waals surface area (Å²) in [5.41, 5.74) is 6.81. The molecule has 0 spiro atoms. The lowest BCUT2D eigenvalue weighted by atomic mass is 10.2. The molecule has 0 unspecified atom stereocenters. The number of aromatic amines is 1. The number of guanidine groups is 1. The number of H-pyrrole nitrogens is 1. The van der Waals surface area contributed by atoms with Crippen LogP contribution >= 0.6 is 0 Å². The number of hydrogen-bond acceptors (Lipinski definition) is 4. The first-order valence-electron chi connectivity index (χ1n) is 5.60. The molecule has 0 radical (unpaired) electrons. The molecule has 1 heterocycles. The largest absolute Gasteiger partial charge is 0.369 e. The van der Waals surface area contributed by atoms with Gasteiger partial charge in [0.15, 0.2) is 5.96 Å². The molecule has 1 aromatic heterocycles. The zero-order chi connectivity index (χ0) is 14.5. The van der Waals surface area contributed by atoms with E-state index >= 15 is 0 Å². The number of nitrogens with one attached hydrogen (secondary N) is 3. The summed E-state index contributed by atoms with van der Waals surface area (Å²) in [6.45, 7) is 3.38. The summed E-state index contributed by atoms with van der Waals surface area (Å²) in [4.78, 5) is 33.1. The smallest absolute Gasteiger partial charge is 0.260 e. The van der Waals surface area contributed by atoms with E-state index in [-0.39, 0.29) is 11.9 Å². The number of rotatable bonds is 4. The quantitative estimate of drug-likeness (QED) is 0.363. The molecule has 0 aliphatic carbocycles. The number of nitrogens with two attached hydrogens (primary N) is 1. The summed E-state index contributed by atoms with van der Waals surface area (Å²) in [6, 6.07) is 5.00. The fourth-order valence-corrected chi connectivity index (χ4v) is 1.65. The van der Waals surface area contributed by atoms with Crippen molar-refractivity contribution in [2.45, 2.75) is 0 Å². The molecule has 102 valence electrons. The Morgan fingerprint density at radius 1 is 1.50 bits per heavy atom. The van der Waals surface area contributed by atoms with Crippen LogP contribution in [0.1, 0.15) is 10.4 Å². The molecule has 2 aromatic rings. The van der Waals surface area contributed by atoms with Crippen molar-refractivity contribution in [2.24, 2.45) is 10.7 Å². The Hall–Kier alpha value is -3.16. The maximum absolute atomic E-state index is 12.1. The minimum absolute atomic E-state index is 0.0659. The molecule has 0 atom stereocenters. The average molecular weight is 272 g/mol. The minimum atomic E-state index is -0.456. The van der Waals surface area contributed by atoms with Crippen LogP contribution in [0.15, 0.2) is 36.0 Å². The average Bonchev–Trinajstić information content (AvgIpc) is 2.81. The monoisotopic (exact) mass is 272 g/mol. The first-order valence-corrected chi connectivity index (χ1v) is 5.60. The number of para-hydroxylation sites is 1. The van der Waals surface area contributed by atoms with Gasteiger partial charge >= 0.3 is 0 Å². The highest BCUT2D eigenvalue weighted by Gasteiger charge is 2.14. The fourth-order valence-electron chi connectivity index (χ4n) is 1.65. The highest BCUT2D eigenvalue weighted by atomic mass is 16.2. The van der Waals surface area contributed by atoms with Gasteiger partial charge in [0.25, 0.3) is 5.91 Å². The van der Waals surface area contributed by atoms with Gasteiger partial charge in [0.05, 0.1) is 11.1 Å². The zero-order valence-electron chi connectivity index (χ0n) is 10.4. The van der Waals surface area contributed by atoms with Gasteiger partial charge in [0.2, 0.25) is 12.4 Å². The van der Waals surface area contributed by atoms with Crippen molar-refractivity contribution in [1.29, 1.82) is 0 Å². The van der Waals surface area contributed by atoms with Gasteiger partial charge in [-0.2, -0.15) is 0 Å². The van der Waals surface area contributed by atoms with Crippen molar-refractivity contribution >= 4 is 35.3 Å². The van der Waals surface area contributed by atoms with Gasteiger partial charge in [-0.15, -0.1) is 0 Å². The van der Waals surface area contributed by atoms with E-state index in [0.29, 0.717) is 23.0 Å². The topological polar surface area (TPSA) is 125 Å². The third-order valence-electron chi connectivity index (χ3n) is 2.42. The van der Waals surface area contributed by atoms with Gasteiger partial charge in [-0.25, -0.2) is 9.98 Å². The SMILES string of the molecule is C=CN=C(N)NC(=O)c1cccc2[nH]c(NC=O)nc12. The van der Waals surface area contributed by atoms with Crippen LogP contribution in [0.25, 0.3) is 11.0 Å². The zero-order valence-corrected chi connectivity index (χ0v) is 10.4. The highest BCUT2D eigenvalue weighted by molar-refractivity contribution is 6.11. The van der Waals surface area contributed by atoms with Crippen LogP contribution < -0.4 is 16.4 Å². The number of carbonyl (C=O) groups excluding carboxylic acids is 2. The van der Waals surface area contributed by atoms with Gasteiger partial charge in [0.1, 0.15) is 5.52 Å². The Kier molecular flexibility index (Phi) is 3.75. The van der Waals surface area contributed by atoms with E-state index in [4.69, 9.17) is 5.73 Å². The number of amides is 2. The van der Waals surface area contributed by atoms with E-state index in [9.17, 15) is 9.59 Å². The molecule has 0 saturated carbocycles. The van der Waals surface area contributed by atoms with E-state index in [2.05, 4.69) is 32.2 Å². The molecule has 8 heteroatoms. The maximum atomic E-state index is 12.1. The lowest BCUT2D eigenvalue weighted by molar-refractivity contribution is -0.105. The fraction of sp³-hybridized carbons (Fsp3) is 0. The van der Waals surface area contributed by atoms with E-state index in [1.54, 1.807) is 18.2 Å². The highest BCUT2D eigenvalue weighted by Crippen LogP contribution is 2.18. The second kappa shape index (κ2) is 5.65. The number of aromatic nitrogens is 2.